The molecule has 2 amide bonds. The van der Waals surface area contributed by atoms with E-state index in [1.54, 1.807) is 0 Å². The first-order valence-electron chi connectivity index (χ1n) is 7.84. The summed E-state index contributed by atoms with van der Waals surface area (Å²) in [5, 5.41) is 3.93. The molecule has 122 valence electrons. The van der Waals surface area contributed by atoms with Crippen LogP contribution in [0.4, 0.5) is 0 Å². The van der Waals surface area contributed by atoms with Gasteiger partial charge in [0.15, 0.2) is 0 Å². The Morgan fingerprint density at radius 3 is 2.78 bits per heavy atom. The molecule has 2 N–H and O–H groups in total. The molecule has 1 aromatic heterocycles. The number of H-pyrrole nitrogens is 1. The molecule has 0 spiro atoms. The van der Waals surface area contributed by atoms with Gasteiger partial charge < -0.3 is 15.2 Å². The Morgan fingerprint density at radius 2 is 2.04 bits per heavy atom. The lowest BCUT2D eigenvalue weighted by Crippen LogP contribution is -2.51. The molecular formula is C17H21N3O2S. The van der Waals surface area contributed by atoms with Crippen LogP contribution >= 0.6 is 11.8 Å². The van der Waals surface area contributed by atoms with Gasteiger partial charge in [0.05, 0.1) is 0 Å². The van der Waals surface area contributed by atoms with E-state index in [9.17, 15) is 9.59 Å². The first kappa shape index (κ1) is 15.9. The molecular weight excluding hydrogens is 310 g/mol. The second-order valence-electron chi connectivity index (χ2n) is 5.75. The van der Waals surface area contributed by atoms with Crippen LogP contribution in [-0.2, 0) is 16.0 Å². The number of carbonyl (C=O) groups is 2. The summed E-state index contributed by atoms with van der Waals surface area (Å²) in [5.41, 5.74) is 2.10. The number of hydrogen-bond acceptors (Lipinski definition) is 3. The molecule has 0 aliphatic carbocycles. The zero-order chi connectivity index (χ0) is 16.2. The quantitative estimate of drug-likeness (QED) is 0.898. The van der Waals surface area contributed by atoms with E-state index < -0.39 is 6.04 Å². The minimum absolute atomic E-state index is 0.0192. The maximum absolute atomic E-state index is 12.8. The molecule has 1 aromatic carbocycles. The monoisotopic (exact) mass is 331 g/mol. The van der Waals surface area contributed by atoms with Gasteiger partial charge in [0.1, 0.15) is 6.04 Å². The van der Waals surface area contributed by atoms with Crippen molar-refractivity contribution in [3.63, 3.8) is 0 Å². The molecule has 0 saturated carbocycles. The molecule has 6 heteroatoms. The lowest BCUT2D eigenvalue weighted by atomic mass is 10.0. The lowest BCUT2D eigenvalue weighted by Gasteiger charge is -2.30. The SMILES string of the molecule is CC(=O)NC(Cc1c[nH]c2ccccc12)C(=O)N1CCSCC1. The lowest BCUT2D eigenvalue weighted by molar-refractivity contribution is -0.135. The fourth-order valence-electron chi connectivity index (χ4n) is 2.97. The number of carbonyl (C=O) groups excluding carboxylic acids is 2. The number of amides is 2. The molecule has 3 rings (SSSR count). The number of aromatic amines is 1. The number of nitrogens with zero attached hydrogens (tertiary/aromatic N) is 1. The van der Waals surface area contributed by atoms with Gasteiger partial charge in [-0.3, -0.25) is 9.59 Å². The van der Waals surface area contributed by atoms with Crippen molar-refractivity contribution in [1.82, 2.24) is 15.2 Å². The summed E-state index contributed by atoms with van der Waals surface area (Å²) in [7, 11) is 0. The van der Waals surface area contributed by atoms with E-state index in [4.69, 9.17) is 0 Å². The Hall–Kier alpha value is -1.95. The van der Waals surface area contributed by atoms with Gasteiger partial charge in [0.2, 0.25) is 11.8 Å². The summed E-state index contributed by atoms with van der Waals surface area (Å²) in [5.74, 6) is 1.78. The average molecular weight is 331 g/mol. The Bertz CT molecular complexity index is 707. The Labute approximate surface area is 139 Å². The number of fused-ring (bicyclic) bond motifs is 1. The zero-order valence-electron chi connectivity index (χ0n) is 13.2. The van der Waals surface area contributed by atoms with E-state index in [0.717, 1.165) is 41.1 Å². The number of para-hydroxylation sites is 1. The van der Waals surface area contributed by atoms with Crippen molar-refractivity contribution < 1.29 is 9.59 Å². The summed E-state index contributed by atoms with van der Waals surface area (Å²) < 4.78 is 0. The van der Waals surface area contributed by atoms with Crippen molar-refractivity contribution in [3.8, 4) is 0 Å². The summed E-state index contributed by atoms with van der Waals surface area (Å²) in [6.45, 7) is 2.97. The van der Waals surface area contributed by atoms with Gasteiger partial charge in [-0.15, -0.1) is 0 Å². The van der Waals surface area contributed by atoms with Gasteiger partial charge in [-0.2, -0.15) is 11.8 Å². The average Bonchev–Trinajstić information content (AvgIpc) is 2.97. The number of hydrogen-bond donors (Lipinski definition) is 2. The molecule has 2 aromatic rings. The molecule has 23 heavy (non-hydrogen) atoms. The predicted octanol–water partition coefficient (Wildman–Crippen LogP) is 1.79. The number of thioether (sulfide) groups is 1. The summed E-state index contributed by atoms with van der Waals surface area (Å²) >= 11 is 1.86. The highest BCUT2D eigenvalue weighted by atomic mass is 32.2. The Balaban J connectivity index is 1.81. The first-order chi connectivity index (χ1) is 11.1. The number of aromatic nitrogens is 1. The van der Waals surface area contributed by atoms with E-state index in [1.165, 1.54) is 6.92 Å². The van der Waals surface area contributed by atoms with Crippen LogP contribution < -0.4 is 5.32 Å². The van der Waals surface area contributed by atoms with Crippen molar-refractivity contribution in [3.05, 3.63) is 36.0 Å². The van der Waals surface area contributed by atoms with Crippen LogP contribution in [0.3, 0.4) is 0 Å². The maximum atomic E-state index is 12.8. The summed E-state index contributed by atoms with van der Waals surface area (Å²) in [4.78, 5) is 29.4. The summed E-state index contributed by atoms with van der Waals surface area (Å²) in [6, 6.07) is 7.50. The van der Waals surface area contributed by atoms with Gasteiger partial charge in [-0.25, -0.2) is 0 Å². The van der Waals surface area contributed by atoms with E-state index in [2.05, 4.69) is 10.3 Å². The van der Waals surface area contributed by atoms with Crippen molar-refractivity contribution in [2.75, 3.05) is 24.6 Å². The first-order valence-corrected chi connectivity index (χ1v) is 8.99. The fourth-order valence-corrected chi connectivity index (χ4v) is 3.87. The van der Waals surface area contributed by atoms with Crippen LogP contribution in [0.15, 0.2) is 30.5 Å². The van der Waals surface area contributed by atoms with E-state index >= 15 is 0 Å². The fraction of sp³-hybridized carbons (Fsp3) is 0.412. The van der Waals surface area contributed by atoms with Gasteiger partial charge in [-0.05, 0) is 11.6 Å². The topological polar surface area (TPSA) is 65.2 Å². The molecule has 5 nitrogen and oxygen atoms in total. The van der Waals surface area contributed by atoms with Gasteiger partial charge >= 0.3 is 0 Å². The minimum Gasteiger partial charge on any atom is -0.361 e. The third-order valence-electron chi connectivity index (χ3n) is 4.10. The molecule has 0 bridgehead atoms. The standard InChI is InChI=1S/C17H21N3O2S/c1-12(21)19-16(17(22)20-6-8-23-9-7-20)10-13-11-18-15-5-3-2-4-14(13)15/h2-5,11,16,18H,6-10H2,1H3,(H,19,21). The van der Waals surface area contributed by atoms with Gasteiger partial charge in [0.25, 0.3) is 0 Å². The van der Waals surface area contributed by atoms with Crippen molar-refractivity contribution in [2.45, 2.75) is 19.4 Å². The number of nitrogens with one attached hydrogen (secondary N) is 2. The third kappa shape index (κ3) is 3.69. The van der Waals surface area contributed by atoms with Crippen LogP contribution in [-0.4, -0.2) is 52.3 Å². The largest absolute Gasteiger partial charge is 0.361 e. The molecule has 0 radical (unpaired) electrons. The highest BCUT2D eigenvalue weighted by molar-refractivity contribution is 7.99. The zero-order valence-corrected chi connectivity index (χ0v) is 14.0. The van der Waals surface area contributed by atoms with Crippen LogP contribution in [0.2, 0.25) is 0 Å². The van der Waals surface area contributed by atoms with Crippen LogP contribution in [0.25, 0.3) is 10.9 Å². The van der Waals surface area contributed by atoms with Crippen molar-refractivity contribution in [2.24, 2.45) is 0 Å². The van der Waals surface area contributed by atoms with E-state index in [-0.39, 0.29) is 11.8 Å². The Kier molecular flexibility index (Phi) is 4.91. The highest BCUT2D eigenvalue weighted by Gasteiger charge is 2.27. The Morgan fingerprint density at radius 1 is 1.30 bits per heavy atom. The number of rotatable bonds is 4. The van der Waals surface area contributed by atoms with Crippen molar-refractivity contribution >= 4 is 34.5 Å². The molecule has 2 heterocycles. The third-order valence-corrected chi connectivity index (χ3v) is 5.04. The van der Waals surface area contributed by atoms with Gasteiger partial charge in [-0.1, -0.05) is 18.2 Å². The summed E-state index contributed by atoms with van der Waals surface area (Å²) in [6.07, 6.45) is 2.44. The predicted molar refractivity (Wildman–Crippen MR) is 93.5 cm³/mol. The molecule has 1 aliphatic heterocycles. The second kappa shape index (κ2) is 7.08. The van der Waals surface area contributed by atoms with E-state index in [0.29, 0.717) is 6.42 Å². The van der Waals surface area contributed by atoms with Crippen LogP contribution in [0.1, 0.15) is 12.5 Å². The molecule has 1 fully saturated rings. The van der Waals surface area contributed by atoms with Crippen LogP contribution in [0.5, 0.6) is 0 Å². The van der Waals surface area contributed by atoms with E-state index in [1.807, 2.05) is 47.1 Å². The number of benzene rings is 1. The highest BCUT2D eigenvalue weighted by Crippen LogP contribution is 2.20. The minimum atomic E-state index is -0.505. The van der Waals surface area contributed by atoms with Crippen LogP contribution in [0, 0.1) is 0 Å². The molecule has 1 atom stereocenters. The molecule has 1 aliphatic rings. The molecule has 1 unspecified atom stereocenters. The van der Waals surface area contributed by atoms with Gasteiger partial charge in [0, 0.05) is 55.0 Å². The molecule has 1 saturated heterocycles. The second-order valence-corrected chi connectivity index (χ2v) is 6.98. The smallest absolute Gasteiger partial charge is 0.245 e. The maximum Gasteiger partial charge on any atom is 0.245 e. The van der Waals surface area contributed by atoms with Crippen molar-refractivity contribution in [1.29, 1.82) is 0 Å². The normalized spacial score (nSPS) is 16.3.